The van der Waals surface area contributed by atoms with Crippen LogP contribution in [0, 0.1) is 5.82 Å². The molecule has 0 spiro atoms. The predicted octanol–water partition coefficient (Wildman–Crippen LogP) is 2.99. The number of carbonyl (C=O) groups excluding carboxylic acids is 2. The normalized spacial score (nSPS) is 10.2. The molecule has 148 valence electrons. The van der Waals surface area contributed by atoms with Gasteiger partial charge >= 0.3 is 0 Å². The van der Waals surface area contributed by atoms with Gasteiger partial charge in [-0.15, -0.1) is 0 Å². The number of aromatic nitrogens is 1. The van der Waals surface area contributed by atoms with Gasteiger partial charge in [0.2, 0.25) is 11.8 Å². The molecule has 0 saturated carbocycles. The van der Waals surface area contributed by atoms with Crippen molar-refractivity contribution in [1.29, 1.82) is 0 Å². The Balaban J connectivity index is 1.44. The first kappa shape index (κ1) is 20.0. The lowest BCUT2D eigenvalue weighted by Gasteiger charge is -2.10. The molecule has 7 heteroatoms. The number of amides is 2. The Morgan fingerprint density at radius 2 is 1.76 bits per heavy atom. The summed E-state index contributed by atoms with van der Waals surface area (Å²) in [5.74, 6) is -0.645. The number of nitrogens with one attached hydrogen (secondary N) is 2. The van der Waals surface area contributed by atoms with Gasteiger partial charge in [0.05, 0.1) is 19.2 Å². The number of hydrogen-bond donors (Lipinski definition) is 2. The molecule has 2 amide bonds. The lowest BCUT2D eigenvalue weighted by Crippen LogP contribution is -2.37. The largest absolute Gasteiger partial charge is 0.453 e. The van der Waals surface area contributed by atoms with Gasteiger partial charge < -0.3 is 15.4 Å². The van der Waals surface area contributed by atoms with Crippen molar-refractivity contribution in [2.45, 2.75) is 13.0 Å². The molecular weight excluding hydrogens is 373 g/mol. The van der Waals surface area contributed by atoms with Gasteiger partial charge in [0, 0.05) is 12.7 Å². The highest BCUT2D eigenvalue weighted by Crippen LogP contribution is 2.24. The Morgan fingerprint density at radius 1 is 0.931 bits per heavy atom. The standard InChI is InChI=1S/C22H20FN3O3/c23-19-11-17(8-9-20(19)29-18-7-4-10-24-14-18)13-25-22(28)15-26-21(27)12-16-5-2-1-3-6-16/h1-11,14H,12-13,15H2,(H,25,28)(H,26,27). The minimum atomic E-state index is -0.545. The molecule has 2 aromatic carbocycles. The summed E-state index contributed by atoms with van der Waals surface area (Å²) in [6.45, 7) is -0.00612. The van der Waals surface area contributed by atoms with E-state index in [-0.39, 0.29) is 37.1 Å². The van der Waals surface area contributed by atoms with Crippen molar-refractivity contribution >= 4 is 11.8 Å². The van der Waals surface area contributed by atoms with E-state index in [9.17, 15) is 14.0 Å². The fourth-order valence-corrected chi connectivity index (χ4v) is 2.56. The van der Waals surface area contributed by atoms with Gasteiger partial charge in [0.15, 0.2) is 11.6 Å². The predicted molar refractivity (Wildman–Crippen MR) is 106 cm³/mol. The van der Waals surface area contributed by atoms with Gasteiger partial charge in [-0.1, -0.05) is 36.4 Å². The molecule has 0 radical (unpaired) electrons. The zero-order valence-electron chi connectivity index (χ0n) is 15.6. The van der Waals surface area contributed by atoms with Crippen LogP contribution >= 0.6 is 0 Å². The Morgan fingerprint density at radius 3 is 2.48 bits per heavy atom. The second kappa shape index (κ2) is 9.98. The van der Waals surface area contributed by atoms with Crippen LogP contribution in [0.25, 0.3) is 0 Å². The topological polar surface area (TPSA) is 80.3 Å². The molecule has 1 heterocycles. The number of benzene rings is 2. The quantitative estimate of drug-likeness (QED) is 0.617. The number of rotatable bonds is 8. The zero-order chi connectivity index (χ0) is 20.5. The van der Waals surface area contributed by atoms with Crippen molar-refractivity contribution in [3.63, 3.8) is 0 Å². The summed E-state index contributed by atoms with van der Waals surface area (Å²) in [6.07, 6.45) is 3.29. The van der Waals surface area contributed by atoms with Crippen molar-refractivity contribution in [3.05, 3.63) is 90.0 Å². The van der Waals surface area contributed by atoms with Crippen LogP contribution in [-0.2, 0) is 22.6 Å². The van der Waals surface area contributed by atoms with E-state index in [4.69, 9.17) is 4.74 Å². The summed E-state index contributed by atoms with van der Waals surface area (Å²) < 4.78 is 19.6. The highest BCUT2D eigenvalue weighted by atomic mass is 19.1. The average Bonchev–Trinajstić information content (AvgIpc) is 2.74. The number of ether oxygens (including phenoxy) is 1. The van der Waals surface area contributed by atoms with Gasteiger partial charge in [-0.3, -0.25) is 14.6 Å². The van der Waals surface area contributed by atoms with Gasteiger partial charge in [0.25, 0.3) is 0 Å². The molecule has 0 aliphatic carbocycles. The molecule has 0 aliphatic heterocycles. The minimum absolute atomic E-state index is 0.0706. The van der Waals surface area contributed by atoms with E-state index >= 15 is 0 Å². The maximum absolute atomic E-state index is 14.2. The SMILES string of the molecule is O=C(CNC(=O)Cc1ccccc1)NCc1ccc(Oc2cccnc2)c(F)c1. The molecule has 29 heavy (non-hydrogen) atoms. The highest BCUT2D eigenvalue weighted by Gasteiger charge is 2.09. The second-order valence-corrected chi connectivity index (χ2v) is 6.27. The Labute approximate surface area is 167 Å². The van der Waals surface area contributed by atoms with Gasteiger partial charge in [-0.05, 0) is 35.4 Å². The van der Waals surface area contributed by atoms with Gasteiger partial charge in [-0.25, -0.2) is 4.39 Å². The summed E-state index contributed by atoms with van der Waals surface area (Å²) >= 11 is 0. The van der Waals surface area contributed by atoms with Crippen LogP contribution in [0.5, 0.6) is 11.5 Å². The molecule has 0 saturated heterocycles. The molecule has 6 nitrogen and oxygen atoms in total. The lowest BCUT2D eigenvalue weighted by molar-refractivity contribution is -0.125. The van der Waals surface area contributed by atoms with Crippen LogP contribution in [0.4, 0.5) is 4.39 Å². The summed E-state index contributed by atoms with van der Waals surface area (Å²) in [5, 5.41) is 5.21. The van der Waals surface area contributed by atoms with Crippen LogP contribution in [-0.4, -0.2) is 23.3 Å². The summed E-state index contributed by atoms with van der Waals surface area (Å²) in [6, 6.07) is 17.1. The highest BCUT2D eigenvalue weighted by molar-refractivity contribution is 5.85. The fraction of sp³-hybridized carbons (Fsp3) is 0.136. The first-order chi connectivity index (χ1) is 14.1. The van der Waals surface area contributed by atoms with E-state index in [1.54, 1.807) is 24.4 Å². The Bertz CT molecular complexity index is 966. The third-order valence-corrected chi connectivity index (χ3v) is 4.00. The van der Waals surface area contributed by atoms with Crippen LogP contribution in [0.3, 0.4) is 0 Å². The van der Waals surface area contributed by atoms with Crippen molar-refractivity contribution in [2.75, 3.05) is 6.54 Å². The first-order valence-electron chi connectivity index (χ1n) is 9.04. The van der Waals surface area contributed by atoms with Crippen LogP contribution in [0.15, 0.2) is 73.1 Å². The van der Waals surface area contributed by atoms with Crippen molar-refractivity contribution in [2.24, 2.45) is 0 Å². The summed E-state index contributed by atoms with van der Waals surface area (Å²) in [7, 11) is 0. The van der Waals surface area contributed by atoms with Crippen LogP contribution in [0.1, 0.15) is 11.1 Å². The van der Waals surface area contributed by atoms with E-state index in [1.165, 1.54) is 18.3 Å². The average molecular weight is 393 g/mol. The molecule has 0 fully saturated rings. The van der Waals surface area contributed by atoms with Crippen molar-refractivity contribution in [1.82, 2.24) is 15.6 Å². The van der Waals surface area contributed by atoms with E-state index in [0.29, 0.717) is 11.3 Å². The van der Waals surface area contributed by atoms with Gasteiger partial charge in [-0.2, -0.15) is 0 Å². The third kappa shape index (κ3) is 6.42. The number of halogens is 1. The Kier molecular flexibility index (Phi) is 6.89. The molecular formula is C22H20FN3O3. The van der Waals surface area contributed by atoms with E-state index in [0.717, 1.165) is 5.56 Å². The van der Waals surface area contributed by atoms with Crippen LogP contribution in [0.2, 0.25) is 0 Å². The van der Waals surface area contributed by atoms with E-state index in [1.807, 2.05) is 30.3 Å². The molecule has 0 bridgehead atoms. The Hall–Kier alpha value is -3.74. The van der Waals surface area contributed by atoms with E-state index < -0.39 is 5.82 Å². The number of carbonyl (C=O) groups is 2. The van der Waals surface area contributed by atoms with Crippen LogP contribution < -0.4 is 15.4 Å². The summed E-state index contributed by atoms with van der Waals surface area (Å²) in [4.78, 5) is 27.7. The smallest absolute Gasteiger partial charge is 0.239 e. The first-order valence-corrected chi connectivity index (χ1v) is 9.04. The lowest BCUT2D eigenvalue weighted by atomic mass is 10.1. The minimum Gasteiger partial charge on any atom is -0.453 e. The molecule has 2 N–H and O–H groups in total. The zero-order valence-corrected chi connectivity index (χ0v) is 15.6. The monoisotopic (exact) mass is 393 g/mol. The molecule has 0 aliphatic rings. The molecule has 3 aromatic rings. The summed E-state index contributed by atoms with van der Waals surface area (Å²) in [5.41, 5.74) is 1.44. The van der Waals surface area contributed by atoms with Gasteiger partial charge in [0.1, 0.15) is 5.75 Å². The third-order valence-electron chi connectivity index (χ3n) is 4.00. The molecule has 3 rings (SSSR count). The molecule has 0 unspecified atom stereocenters. The maximum atomic E-state index is 14.2. The fourth-order valence-electron chi connectivity index (χ4n) is 2.56. The number of hydrogen-bond acceptors (Lipinski definition) is 4. The van der Waals surface area contributed by atoms with E-state index in [2.05, 4.69) is 15.6 Å². The number of pyridine rings is 1. The van der Waals surface area contributed by atoms with Crippen molar-refractivity contribution in [3.8, 4) is 11.5 Å². The molecule has 1 aromatic heterocycles. The maximum Gasteiger partial charge on any atom is 0.239 e. The number of nitrogens with zero attached hydrogens (tertiary/aromatic N) is 1. The second-order valence-electron chi connectivity index (χ2n) is 6.27. The van der Waals surface area contributed by atoms with Crippen molar-refractivity contribution < 1.29 is 18.7 Å². The molecule has 0 atom stereocenters.